The Morgan fingerprint density at radius 3 is 2.66 bits per heavy atom. The standard InChI is InChI=1S/C20H15ClN4O4/c21-13-5-3-6-14(11-13)25(10-4-9-22)17(26)12-29-20(28)18-15-7-1-2-8-16(15)19(27)24-23-18/h1-3,5-8,11H,4,10,12H2,(H,24,27). The van der Waals surface area contributed by atoms with Crippen LogP contribution in [0.25, 0.3) is 10.8 Å². The largest absolute Gasteiger partial charge is 0.451 e. The minimum atomic E-state index is -0.850. The van der Waals surface area contributed by atoms with Crippen LogP contribution in [0.3, 0.4) is 0 Å². The molecule has 1 amide bonds. The molecule has 3 rings (SSSR count). The highest BCUT2D eigenvalue weighted by atomic mass is 35.5. The molecular formula is C20H15ClN4O4. The highest BCUT2D eigenvalue weighted by molar-refractivity contribution is 6.30. The average molecular weight is 411 g/mol. The van der Waals surface area contributed by atoms with Crippen LogP contribution >= 0.6 is 11.6 Å². The fourth-order valence-corrected chi connectivity index (χ4v) is 2.93. The summed E-state index contributed by atoms with van der Waals surface area (Å²) in [6, 6.07) is 15.0. The molecule has 9 heteroatoms. The number of rotatable bonds is 6. The number of nitriles is 1. The van der Waals surface area contributed by atoms with E-state index in [0.29, 0.717) is 16.1 Å². The Labute approximate surface area is 170 Å². The van der Waals surface area contributed by atoms with Crippen molar-refractivity contribution in [2.45, 2.75) is 6.42 Å². The van der Waals surface area contributed by atoms with E-state index >= 15 is 0 Å². The van der Waals surface area contributed by atoms with Gasteiger partial charge in [0.1, 0.15) is 0 Å². The van der Waals surface area contributed by atoms with Crippen molar-refractivity contribution in [3.8, 4) is 6.07 Å². The Bertz CT molecular complexity index is 1170. The van der Waals surface area contributed by atoms with Crippen molar-refractivity contribution in [1.29, 1.82) is 5.26 Å². The number of hydrogen-bond donors (Lipinski definition) is 1. The third-order valence-corrected chi connectivity index (χ3v) is 4.32. The van der Waals surface area contributed by atoms with Crippen LogP contribution in [-0.4, -0.2) is 35.2 Å². The SMILES string of the molecule is N#CCCN(C(=O)COC(=O)c1n[nH]c(=O)c2ccccc12)c1cccc(Cl)c1. The smallest absolute Gasteiger partial charge is 0.359 e. The van der Waals surface area contributed by atoms with Crippen LogP contribution < -0.4 is 10.5 Å². The summed E-state index contributed by atoms with van der Waals surface area (Å²) in [6.45, 7) is -0.445. The second-order valence-corrected chi connectivity index (χ2v) is 6.39. The highest BCUT2D eigenvalue weighted by Crippen LogP contribution is 2.20. The Balaban J connectivity index is 1.78. The van der Waals surface area contributed by atoms with E-state index in [1.807, 2.05) is 6.07 Å². The molecule has 0 aliphatic heterocycles. The number of nitrogens with zero attached hydrogens (tertiary/aromatic N) is 3. The highest BCUT2D eigenvalue weighted by Gasteiger charge is 2.20. The van der Waals surface area contributed by atoms with E-state index in [4.69, 9.17) is 21.6 Å². The van der Waals surface area contributed by atoms with Gasteiger partial charge in [0.2, 0.25) is 0 Å². The van der Waals surface area contributed by atoms with E-state index in [-0.39, 0.29) is 24.0 Å². The predicted molar refractivity (Wildman–Crippen MR) is 107 cm³/mol. The normalized spacial score (nSPS) is 10.3. The van der Waals surface area contributed by atoms with Gasteiger partial charge in [-0.2, -0.15) is 10.4 Å². The molecule has 29 heavy (non-hydrogen) atoms. The van der Waals surface area contributed by atoms with Crippen LogP contribution in [0.5, 0.6) is 0 Å². The van der Waals surface area contributed by atoms with Crippen LogP contribution in [0, 0.1) is 11.3 Å². The molecule has 1 aromatic heterocycles. The Morgan fingerprint density at radius 2 is 1.93 bits per heavy atom. The quantitative estimate of drug-likeness (QED) is 0.624. The molecule has 0 aliphatic carbocycles. The van der Waals surface area contributed by atoms with Gasteiger partial charge < -0.3 is 9.64 Å². The van der Waals surface area contributed by atoms with Gasteiger partial charge in [0.25, 0.3) is 11.5 Å². The number of esters is 1. The first kappa shape index (κ1) is 20.0. The van der Waals surface area contributed by atoms with Crippen LogP contribution in [0.1, 0.15) is 16.9 Å². The number of hydrogen-bond acceptors (Lipinski definition) is 6. The fraction of sp³-hybridized carbons (Fsp3) is 0.150. The summed E-state index contributed by atoms with van der Waals surface area (Å²) in [6.07, 6.45) is 0.0956. The van der Waals surface area contributed by atoms with Crippen molar-refractivity contribution in [2.75, 3.05) is 18.1 Å². The van der Waals surface area contributed by atoms with E-state index in [1.165, 1.54) is 4.90 Å². The number of aromatic nitrogens is 2. The lowest BCUT2D eigenvalue weighted by Gasteiger charge is -2.21. The Kier molecular flexibility index (Phi) is 6.22. The fourth-order valence-electron chi connectivity index (χ4n) is 2.75. The molecule has 2 aromatic carbocycles. The molecule has 0 unspecified atom stereocenters. The molecule has 0 saturated heterocycles. The number of carbonyl (C=O) groups is 2. The van der Waals surface area contributed by atoms with Crippen molar-refractivity contribution in [3.63, 3.8) is 0 Å². The van der Waals surface area contributed by atoms with Gasteiger partial charge in [-0.3, -0.25) is 9.59 Å². The van der Waals surface area contributed by atoms with E-state index < -0.39 is 24.0 Å². The van der Waals surface area contributed by atoms with Gasteiger partial charge in [-0.1, -0.05) is 35.9 Å². The Morgan fingerprint density at radius 1 is 1.17 bits per heavy atom. The molecule has 0 atom stereocenters. The Hall–Kier alpha value is -3.70. The van der Waals surface area contributed by atoms with Crippen LogP contribution in [0.15, 0.2) is 53.3 Å². The van der Waals surface area contributed by atoms with Crippen LogP contribution in [-0.2, 0) is 9.53 Å². The van der Waals surface area contributed by atoms with E-state index in [1.54, 1.807) is 48.5 Å². The van der Waals surface area contributed by atoms with Crippen molar-refractivity contribution < 1.29 is 14.3 Å². The lowest BCUT2D eigenvalue weighted by molar-refractivity contribution is -0.121. The predicted octanol–water partition coefficient (Wildman–Crippen LogP) is 2.68. The topological polar surface area (TPSA) is 116 Å². The molecule has 146 valence electrons. The van der Waals surface area contributed by atoms with Gasteiger partial charge in [-0.15, -0.1) is 0 Å². The molecule has 0 spiro atoms. The number of H-pyrrole nitrogens is 1. The van der Waals surface area contributed by atoms with Crippen molar-refractivity contribution in [3.05, 3.63) is 69.6 Å². The van der Waals surface area contributed by atoms with Gasteiger partial charge in [-0.25, -0.2) is 9.89 Å². The number of halogens is 1. The molecule has 0 bridgehead atoms. The van der Waals surface area contributed by atoms with Gasteiger partial charge in [-0.05, 0) is 24.3 Å². The van der Waals surface area contributed by atoms with Crippen LogP contribution in [0.4, 0.5) is 5.69 Å². The summed E-state index contributed by atoms with van der Waals surface area (Å²) in [5.74, 6) is -1.37. The van der Waals surface area contributed by atoms with Gasteiger partial charge in [0.15, 0.2) is 12.3 Å². The third kappa shape index (κ3) is 4.59. The lowest BCUT2D eigenvalue weighted by atomic mass is 10.1. The van der Waals surface area contributed by atoms with Gasteiger partial charge in [0.05, 0.1) is 17.9 Å². The molecular weight excluding hydrogens is 396 g/mol. The molecule has 0 fully saturated rings. The second-order valence-electron chi connectivity index (χ2n) is 5.96. The van der Waals surface area contributed by atoms with E-state index in [0.717, 1.165) is 0 Å². The summed E-state index contributed by atoms with van der Waals surface area (Å²) in [4.78, 5) is 38.2. The molecule has 0 saturated carbocycles. The molecule has 1 N–H and O–H groups in total. The molecule has 1 heterocycles. The summed E-state index contributed by atoms with van der Waals surface area (Å²) in [5.41, 5.74) is -0.0439. The van der Waals surface area contributed by atoms with Gasteiger partial charge >= 0.3 is 5.97 Å². The maximum absolute atomic E-state index is 12.6. The maximum atomic E-state index is 12.6. The monoisotopic (exact) mass is 410 g/mol. The van der Waals surface area contributed by atoms with Crippen LogP contribution in [0.2, 0.25) is 5.02 Å². The summed E-state index contributed by atoms with van der Waals surface area (Å²) >= 11 is 5.98. The summed E-state index contributed by atoms with van der Waals surface area (Å²) in [5, 5.41) is 15.9. The number of aromatic amines is 1. The first-order valence-corrected chi connectivity index (χ1v) is 8.96. The number of carbonyl (C=O) groups excluding carboxylic acids is 2. The number of anilines is 1. The summed E-state index contributed by atoms with van der Waals surface area (Å²) < 4.78 is 5.12. The second kappa shape index (κ2) is 8.99. The zero-order chi connectivity index (χ0) is 20.8. The first-order valence-electron chi connectivity index (χ1n) is 8.58. The maximum Gasteiger partial charge on any atom is 0.359 e. The number of benzene rings is 2. The average Bonchev–Trinajstić information content (AvgIpc) is 2.73. The summed E-state index contributed by atoms with van der Waals surface area (Å²) in [7, 11) is 0. The number of nitrogens with one attached hydrogen (secondary N) is 1. The third-order valence-electron chi connectivity index (χ3n) is 4.08. The van der Waals surface area contributed by atoms with Crippen molar-refractivity contribution in [1.82, 2.24) is 10.2 Å². The molecule has 3 aromatic rings. The van der Waals surface area contributed by atoms with E-state index in [9.17, 15) is 14.4 Å². The van der Waals surface area contributed by atoms with Gasteiger partial charge in [0, 0.05) is 22.6 Å². The minimum absolute atomic E-state index is 0.0956. The zero-order valence-electron chi connectivity index (χ0n) is 15.1. The zero-order valence-corrected chi connectivity index (χ0v) is 15.8. The first-order chi connectivity index (χ1) is 14.0. The number of ether oxygens (including phenoxy) is 1. The molecule has 0 aliphatic rings. The van der Waals surface area contributed by atoms with Crippen molar-refractivity contribution >= 4 is 39.9 Å². The molecule has 8 nitrogen and oxygen atoms in total. The van der Waals surface area contributed by atoms with E-state index in [2.05, 4.69) is 10.2 Å². The minimum Gasteiger partial charge on any atom is -0.451 e. The van der Waals surface area contributed by atoms with Crippen molar-refractivity contribution in [2.24, 2.45) is 0 Å². The lowest BCUT2D eigenvalue weighted by Crippen LogP contribution is -2.35. The number of amides is 1. The number of fused-ring (bicyclic) bond motifs is 1. The molecule has 0 radical (unpaired) electrons.